The molecule has 1 fully saturated rings. The number of hydrogen-bond donors (Lipinski definition) is 1. The molecule has 2 aliphatic carbocycles. The lowest BCUT2D eigenvalue weighted by molar-refractivity contribution is -0.163. The molecule has 0 aromatic heterocycles. The second-order valence-electron chi connectivity index (χ2n) is 4.87. The zero-order valence-electron chi connectivity index (χ0n) is 10.6. The van der Waals surface area contributed by atoms with E-state index in [2.05, 4.69) is 0 Å². The van der Waals surface area contributed by atoms with Gasteiger partial charge >= 0.3 is 11.9 Å². The van der Waals surface area contributed by atoms with Crippen molar-refractivity contribution in [2.24, 2.45) is 17.3 Å². The van der Waals surface area contributed by atoms with Crippen LogP contribution in [0.1, 0.15) is 19.3 Å². The van der Waals surface area contributed by atoms with Crippen LogP contribution < -0.4 is 0 Å². The van der Waals surface area contributed by atoms with Crippen LogP contribution in [0.4, 0.5) is 0 Å². The largest absolute Gasteiger partial charge is 0.468 e. The summed E-state index contributed by atoms with van der Waals surface area (Å²) >= 11 is 0. The van der Waals surface area contributed by atoms with E-state index in [4.69, 9.17) is 9.47 Å². The van der Waals surface area contributed by atoms with Gasteiger partial charge in [-0.2, -0.15) is 0 Å². The third-order valence-corrected chi connectivity index (χ3v) is 4.11. The predicted molar refractivity (Wildman–Crippen MR) is 62.4 cm³/mol. The lowest BCUT2D eigenvalue weighted by Crippen LogP contribution is -2.32. The smallest absolute Gasteiger partial charge is 0.323 e. The predicted octanol–water partition coefficient (Wildman–Crippen LogP) is 0.666. The summed E-state index contributed by atoms with van der Waals surface area (Å²) in [6, 6.07) is 0. The van der Waals surface area contributed by atoms with Gasteiger partial charge in [-0.3, -0.25) is 9.59 Å². The lowest BCUT2D eigenvalue weighted by Gasteiger charge is -2.13. The van der Waals surface area contributed by atoms with Gasteiger partial charge in [-0.25, -0.2) is 0 Å². The van der Waals surface area contributed by atoms with Gasteiger partial charge in [-0.15, -0.1) is 0 Å². The molecule has 0 saturated heterocycles. The van der Waals surface area contributed by atoms with Crippen molar-refractivity contribution in [3.05, 3.63) is 12.2 Å². The summed E-state index contributed by atoms with van der Waals surface area (Å²) in [4.78, 5) is 23.9. The van der Waals surface area contributed by atoms with Crippen molar-refractivity contribution in [2.75, 3.05) is 14.2 Å². The number of aliphatic hydroxyl groups excluding tert-OH is 1. The van der Waals surface area contributed by atoms with Crippen molar-refractivity contribution in [3.63, 3.8) is 0 Å². The average molecular weight is 254 g/mol. The minimum absolute atomic E-state index is 0.0684. The highest BCUT2D eigenvalue weighted by Gasteiger charge is 2.75. The van der Waals surface area contributed by atoms with Crippen LogP contribution in [-0.2, 0) is 19.1 Å². The van der Waals surface area contributed by atoms with Gasteiger partial charge in [0.05, 0.1) is 20.3 Å². The van der Waals surface area contributed by atoms with Gasteiger partial charge in [-0.1, -0.05) is 12.2 Å². The second kappa shape index (κ2) is 4.72. The maximum Gasteiger partial charge on any atom is 0.323 e. The summed E-state index contributed by atoms with van der Waals surface area (Å²) < 4.78 is 9.55. The number of methoxy groups -OCH3 is 2. The number of hydrogen-bond acceptors (Lipinski definition) is 5. The molecule has 0 aliphatic heterocycles. The highest BCUT2D eigenvalue weighted by atomic mass is 16.5. The fourth-order valence-corrected chi connectivity index (χ4v) is 3.17. The molecule has 0 aromatic carbocycles. The molecular formula is C13H18O5. The SMILES string of the molecule is COC(=O)C1(C(=O)OC)[C@@H]2CC[C@@H](O)/C=C\C[C@@H]21. The lowest BCUT2D eigenvalue weighted by atomic mass is 10.00. The van der Waals surface area contributed by atoms with Gasteiger partial charge in [-0.05, 0) is 31.1 Å². The molecule has 0 unspecified atom stereocenters. The van der Waals surface area contributed by atoms with Crippen LogP contribution in [0.15, 0.2) is 12.2 Å². The Kier molecular flexibility index (Phi) is 3.43. The summed E-state index contributed by atoms with van der Waals surface area (Å²) in [6.45, 7) is 0. The molecule has 5 heteroatoms. The number of allylic oxidation sites excluding steroid dienone is 1. The molecule has 0 amide bonds. The van der Waals surface area contributed by atoms with Crippen LogP contribution in [0.3, 0.4) is 0 Å². The van der Waals surface area contributed by atoms with E-state index in [9.17, 15) is 14.7 Å². The Balaban J connectivity index is 2.27. The van der Waals surface area contributed by atoms with Gasteiger partial charge in [0.2, 0.25) is 0 Å². The van der Waals surface area contributed by atoms with E-state index < -0.39 is 23.5 Å². The molecule has 3 atom stereocenters. The molecule has 0 aromatic rings. The fraction of sp³-hybridized carbons (Fsp3) is 0.692. The third kappa shape index (κ3) is 1.73. The van der Waals surface area contributed by atoms with Crippen LogP contribution in [0.25, 0.3) is 0 Å². The molecule has 0 spiro atoms. The Morgan fingerprint density at radius 1 is 1.17 bits per heavy atom. The maximum atomic E-state index is 12.0. The van der Waals surface area contributed by atoms with Gasteiger partial charge < -0.3 is 14.6 Å². The van der Waals surface area contributed by atoms with E-state index in [1.54, 1.807) is 6.08 Å². The number of carbonyl (C=O) groups is 2. The number of fused-ring (bicyclic) bond motifs is 1. The zero-order chi connectivity index (χ0) is 13.3. The molecule has 2 rings (SSSR count). The Labute approximate surface area is 106 Å². The van der Waals surface area contributed by atoms with Crippen molar-refractivity contribution in [1.82, 2.24) is 0 Å². The summed E-state index contributed by atoms with van der Waals surface area (Å²) in [5.74, 6) is -1.19. The van der Waals surface area contributed by atoms with Gasteiger partial charge in [0.25, 0.3) is 0 Å². The molecule has 18 heavy (non-hydrogen) atoms. The van der Waals surface area contributed by atoms with Crippen molar-refractivity contribution < 1.29 is 24.2 Å². The Bertz CT molecular complexity index is 371. The van der Waals surface area contributed by atoms with E-state index in [1.807, 2.05) is 6.08 Å². The topological polar surface area (TPSA) is 72.8 Å². The van der Waals surface area contributed by atoms with Crippen LogP contribution in [0.2, 0.25) is 0 Å². The number of esters is 2. The van der Waals surface area contributed by atoms with Crippen LogP contribution >= 0.6 is 0 Å². The van der Waals surface area contributed by atoms with Crippen molar-refractivity contribution in [2.45, 2.75) is 25.4 Å². The van der Waals surface area contributed by atoms with Gasteiger partial charge in [0.15, 0.2) is 5.41 Å². The first kappa shape index (κ1) is 13.1. The third-order valence-electron chi connectivity index (χ3n) is 4.11. The van der Waals surface area contributed by atoms with Crippen LogP contribution in [0, 0.1) is 17.3 Å². The monoisotopic (exact) mass is 254 g/mol. The van der Waals surface area contributed by atoms with Crippen LogP contribution in [-0.4, -0.2) is 37.4 Å². The minimum Gasteiger partial charge on any atom is -0.468 e. The summed E-state index contributed by atoms with van der Waals surface area (Å²) in [5, 5.41) is 9.59. The molecule has 0 heterocycles. The maximum absolute atomic E-state index is 12.0. The molecule has 0 radical (unpaired) electrons. The average Bonchev–Trinajstić information content (AvgIpc) is 2.99. The first-order valence-electron chi connectivity index (χ1n) is 6.10. The van der Waals surface area contributed by atoms with E-state index in [0.717, 1.165) is 0 Å². The van der Waals surface area contributed by atoms with E-state index in [0.29, 0.717) is 19.3 Å². The highest BCUT2D eigenvalue weighted by Crippen LogP contribution is 2.64. The number of rotatable bonds is 2. The van der Waals surface area contributed by atoms with Crippen LogP contribution in [0.5, 0.6) is 0 Å². The van der Waals surface area contributed by atoms with E-state index in [1.165, 1.54) is 14.2 Å². The zero-order valence-corrected chi connectivity index (χ0v) is 10.6. The van der Waals surface area contributed by atoms with Crippen molar-refractivity contribution >= 4 is 11.9 Å². The normalized spacial score (nSPS) is 34.5. The molecular weight excluding hydrogens is 236 g/mol. The Hall–Kier alpha value is -1.36. The molecule has 100 valence electrons. The number of ether oxygens (including phenoxy) is 2. The second-order valence-corrected chi connectivity index (χ2v) is 4.87. The molecule has 2 aliphatic rings. The van der Waals surface area contributed by atoms with Gasteiger partial charge in [0, 0.05) is 0 Å². The first-order valence-corrected chi connectivity index (χ1v) is 6.10. The molecule has 1 saturated carbocycles. The minimum atomic E-state index is -1.15. The quantitative estimate of drug-likeness (QED) is 0.445. The Morgan fingerprint density at radius 3 is 2.33 bits per heavy atom. The fourth-order valence-electron chi connectivity index (χ4n) is 3.17. The van der Waals surface area contributed by atoms with E-state index >= 15 is 0 Å². The Morgan fingerprint density at radius 2 is 1.78 bits per heavy atom. The summed E-state index contributed by atoms with van der Waals surface area (Å²) in [5.41, 5.74) is -1.15. The van der Waals surface area contributed by atoms with E-state index in [-0.39, 0.29) is 11.8 Å². The summed E-state index contributed by atoms with van der Waals surface area (Å²) in [6.07, 6.45) is 4.81. The number of carbonyl (C=O) groups excluding carboxylic acids is 2. The highest BCUT2D eigenvalue weighted by molar-refractivity contribution is 6.04. The van der Waals surface area contributed by atoms with Crippen molar-refractivity contribution in [3.8, 4) is 0 Å². The standard InChI is InChI=1S/C13H18O5/c1-17-11(15)13(12(16)18-2)9-5-3-4-8(14)6-7-10(9)13/h3-4,8-10,14H,5-7H2,1-2H3/b4-3-/t8-,9-,10+/m0/s1. The number of aliphatic hydroxyl groups is 1. The summed E-state index contributed by atoms with van der Waals surface area (Å²) in [7, 11) is 2.56. The molecule has 1 N–H and O–H groups in total. The molecule has 5 nitrogen and oxygen atoms in total. The van der Waals surface area contributed by atoms with Crippen molar-refractivity contribution in [1.29, 1.82) is 0 Å². The first-order chi connectivity index (χ1) is 8.58. The van der Waals surface area contributed by atoms with Gasteiger partial charge in [0.1, 0.15) is 0 Å². The molecule has 0 bridgehead atoms.